The monoisotopic (exact) mass is 443 g/mol. The smallest absolute Gasteiger partial charge is 0.340 e. The Morgan fingerprint density at radius 3 is 2.81 bits per heavy atom. The Balaban J connectivity index is 1.41. The van der Waals surface area contributed by atoms with Crippen molar-refractivity contribution in [1.29, 1.82) is 0 Å². The fourth-order valence-electron chi connectivity index (χ4n) is 4.55. The van der Waals surface area contributed by atoms with Crippen LogP contribution in [0.5, 0.6) is 0 Å². The van der Waals surface area contributed by atoms with E-state index in [-0.39, 0.29) is 12.4 Å². The average molecular weight is 443 g/mol. The van der Waals surface area contributed by atoms with Crippen molar-refractivity contribution in [2.24, 2.45) is 0 Å². The van der Waals surface area contributed by atoms with Crippen molar-refractivity contribution >= 4 is 23.0 Å². The molecule has 0 unspecified atom stereocenters. The van der Waals surface area contributed by atoms with Gasteiger partial charge in [0, 0.05) is 25.7 Å². The van der Waals surface area contributed by atoms with Crippen LogP contribution in [0.2, 0.25) is 0 Å². The molecular formula is C23H26FN3O5. The van der Waals surface area contributed by atoms with Gasteiger partial charge in [-0.05, 0) is 32.0 Å². The summed E-state index contributed by atoms with van der Waals surface area (Å²) in [6.07, 6.45) is 1.10. The minimum Gasteiger partial charge on any atom is -0.472 e. The number of morpholine rings is 1. The number of likely N-dealkylation sites (N-methyl/N-ethyl adjacent to an activating group) is 1. The molecule has 1 saturated heterocycles. The number of furan rings is 1. The van der Waals surface area contributed by atoms with E-state index >= 15 is 4.39 Å². The van der Waals surface area contributed by atoms with E-state index < -0.39 is 18.2 Å². The van der Waals surface area contributed by atoms with Gasteiger partial charge in [-0.1, -0.05) is 0 Å². The van der Waals surface area contributed by atoms with Crippen molar-refractivity contribution in [3.8, 4) is 0 Å². The summed E-state index contributed by atoms with van der Waals surface area (Å²) in [4.78, 5) is 16.9. The second-order valence-electron chi connectivity index (χ2n) is 7.96. The van der Waals surface area contributed by atoms with Crippen molar-refractivity contribution in [3.63, 3.8) is 0 Å². The van der Waals surface area contributed by atoms with Crippen LogP contribution >= 0.6 is 0 Å². The van der Waals surface area contributed by atoms with Gasteiger partial charge < -0.3 is 33.7 Å². The molecule has 8 nitrogen and oxygen atoms in total. The molecule has 0 bridgehead atoms. The standard InChI is InChI=1S/C23H26FN3O5/c1-3-27-19-12-18(26-6-9-29-10-7-26)16(24)11-17(19)25-21-20(14(2)32-22(21)27)23(28)31-13-15-5-4-8-30-15/h4-5,8,11-12,21-22,25H,3,6-7,9-10,13H2,1-2H3/t21-,22+/m1/s1. The number of fused-ring (bicyclic) bond motifs is 2. The van der Waals surface area contributed by atoms with Crippen LogP contribution in [0.3, 0.4) is 0 Å². The van der Waals surface area contributed by atoms with E-state index in [0.29, 0.717) is 61.3 Å². The topological polar surface area (TPSA) is 76.4 Å². The molecule has 3 aliphatic heterocycles. The fourth-order valence-corrected chi connectivity index (χ4v) is 4.55. The van der Waals surface area contributed by atoms with Crippen LogP contribution in [0.1, 0.15) is 19.6 Å². The summed E-state index contributed by atoms with van der Waals surface area (Å²) in [5.74, 6) is 0.261. The first-order valence-electron chi connectivity index (χ1n) is 10.8. The molecule has 0 spiro atoms. The maximum Gasteiger partial charge on any atom is 0.340 e. The van der Waals surface area contributed by atoms with Gasteiger partial charge in [0.15, 0.2) is 6.23 Å². The highest BCUT2D eigenvalue weighted by Gasteiger charge is 2.46. The molecule has 1 fully saturated rings. The highest BCUT2D eigenvalue weighted by atomic mass is 19.1. The Morgan fingerprint density at radius 2 is 2.09 bits per heavy atom. The highest BCUT2D eigenvalue weighted by molar-refractivity contribution is 5.93. The molecule has 1 aromatic carbocycles. The molecule has 4 heterocycles. The first kappa shape index (κ1) is 20.7. The van der Waals surface area contributed by atoms with E-state index in [1.54, 1.807) is 19.1 Å². The minimum absolute atomic E-state index is 0.0333. The number of halogens is 1. The third-order valence-corrected chi connectivity index (χ3v) is 6.10. The lowest BCUT2D eigenvalue weighted by Crippen LogP contribution is -2.51. The van der Waals surface area contributed by atoms with E-state index in [1.807, 2.05) is 17.9 Å². The number of ether oxygens (including phenoxy) is 3. The Labute approximate surface area is 185 Å². The van der Waals surface area contributed by atoms with Crippen molar-refractivity contribution in [2.45, 2.75) is 32.7 Å². The van der Waals surface area contributed by atoms with Gasteiger partial charge in [-0.2, -0.15) is 0 Å². The molecule has 2 atom stereocenters. The summed E-state index contributed by atoms with van der Waals surface area (Å²) in [5, 5.41) is 3.32. The van der Waals surface area contributed by atoms with Gasteiger partial charge in [0.1, 0.15) is 35.6 Å². The van der Waals surface area contributed by atoms with Gasteiger partial charge >= 0.3 is 5.97 Å². The first-order chi connectivity index (χ1) is 15.6. The summed E-state index contributed by atoms with van der Waals surface area (Å²) in [5.41, 5.74) is 2.42. The number of benzene rings is 1. The summed E-state index contributed by atoms with van der Waals surface area (Å²) in [7, 11) is 0. The summed E-state index contributed by atoms with van der Waals surface area (Å²) in [6, 6.07) is 6.36. The molecule has 1 N–H and O–H groups in total. The quantitative estimate of drug-likeness (QED) is 0.706. The maximum atomic E-state index is 15.1. The third kappa shape index (κ3) is 3.56. The Hall–Kier alpha value is -3.20. The summed E-state index contributed by atoms with van der Waals surface area (Å²) < 4.78 is 37.2. The number of hydrogen-bond acceptors (Lipinski definition) is 8. The largest absolute Gasteiger partial charge is 0.472 e. The van der Waals surface area contributed by atoms with E-state index in [2.05, 4.69) is 10.2 Å². The molecule has 1 aromatic heterocycles. The normalized spacial score (nSPS) is 22.2. The molecule has 0 aliphatic carbocycles. The lowest BCUT2D eigenvalue weighted by Gasteiger charge is -2.41. The number of nitrogens with one attached hydrogen (secondary N) is 1. The second kappa shape index (κ2) is 8.38. The summed E-state index contributed by atoms with van der Waals surface area (Å²) >= 11 is 0. The highest BCUT2D eigenvalue weighted by Crippen LogP contribution is 2.43. The van der Waals surface area contributed by atoms with Crippen molar-refractivity contribution in [1.82, 2.24) is 0 Å². The van der Waals surface area contributed by atoms with Gasteiger partial charge in [-0.3, -0.25) is 0 Å². The number of hydrogen-bond donors (Lipinski definition) is 1. The van der Waals surface area contributed by atoms with Gasteiger partial charge in [0.25, 0.3) is 0 Å². The van der Waals surface area contributed by atoms with Crippen LogP contribution in [0, 0.1) is 5.82 Å². The number of carbonyl (C=O) groups excluding carboxylic acids is 1. The van der Waals surface area contributed by atoms with E-state index in [1.165, 1.54) is 12.3 Å². The molecule has 9 heteroatoms. The van der Waals surface area contributed by atoms with Crippen molar-refractivity contribution in [3.05, 3.63) is 53.4 Å². The Kier molecular flexibility index (Phi) is 5.42. The molecule has 0 saturated carbocycles. The number of anilines is 3. The van der Waals surface area contributed by atoms with Crippen molar-refractivity contribution < 1.29 is 27.8 Å². The van der Waals surface area contributed by atoms with Crippen LogP contribution in [0.25, 0.3) is 0 Å². The van der Waals surface area contributed by atoms with Crippen LogP contribution in [-0.2, 0) is 25.6 Å². The molecule has 32 heavy (non-hydrogen) atoms. The average Bonchev–Trinajstić information content (AvgIpc) is 3.43. The lowest BCUT2D eigenvalue weighted by atomic mass is 10.0. The molecule has 0 amide bonds. The third-order valence-electron chi connectivity index (χ3n) is 6.10. The zero-order chi connectivity index (χ0) is 22.2. The molecule has 0 radical (unpaired) electrons. The zero-order valence-corrected chi connectivity index (χ0v) is 18.1. The zero-order valence-electron chi connectivity index (χ0n) is 18.1. The maximum absolute atomic E-state index is 15.1. The van der Waals surface area contributed by atoms with Gasteiger partial charge in [0.05, 0.1) is 36.5 Å². The van der Waals surface area contributed by atoms with Crippen molar-refractivity contribution in [2.75, 3.05) is 48.0 Å². The number of carbonyl (C=O) groups is 1. The van der Waals surface area contributed by atoms with Gasteiger partial charge in [-0.25, -0.2) is 9.18 Å². The van der Waals surface area contributed by atoms with Crippen LogP contribution < -0.4 is 15.1 Å². The molecule has 2 aromatic rings. The van der Waals surface area contributed by atoms with Crippen LogP contribution in [0.15, 0.2) is 46.3 Å². The Morgan fingerprint density at radius 1 is 1.28 bits per heavy atom. The number of allylic oxidation sites excluding steroid dienone is 1. The van der Waals surface area contributed by atoms with Gasteiger partial charge in [-0.15, -0.1) is 0 Å². The first-order valence-corrected chi connectivity index (χ1v) is 10.8. The van der Waals surface area contributed by atoms with Crippen LogP contribution in [0.4, 0.5) is 21.5 Å². The van der Waals surface area contributed by atoms with Crippen LogP contribution in [-0.4, -0.2) is 51.1 Å². The SMILES string of the molecule is CCN1c2cc(N3CCOCC3)c(F)cc2N[C@@H]2C(C(=O)OCc3ccco3)=C(C)O[C@@H]21. The molecular weight excluding hydrogens is 417 g/mol. The number of esters is 1. The lowest BCUT2D eigenvalue weighted by molar-refractivity contribution is -0.141. The van der Waals surface area contributed by atoms with E-state index in [9.17, 15) is 4.79 Å². The number of nitrogens with zero attached hydrogens (tertiary/aromatic N) is 2. The fraction of sp³-hybridized carbons (Fsp3) is 0.435. The van der Waals surface area contributed by atoms with E-state index in [4.69, 9.17) is 18.6 Å². The predicted molar refractivity (Wildman–Crippen MR) is 116 cm³/mol. The number of rotatable bonds is 5. The van der Waals surface area contributed by atoms with Gasteiger partial charge in [0.2, 0.25) is 0 Å². The second-order valence-corrected chi connectivity index (χ2v) is 7.96. The Bertz CT molecular complexity index is 1030. The van der Waals surface area contributed by atoms with E-state index in [0.717, 1.165) is 5.69 Å². The molecule has 170 valence electrons. The summed E-state index contributed by atoms with van der Waals surface area (Å²) in [6.45, 7) is 6.86. The minimum atomic E-state index is -0.483. The molecule has 3 aliphatic rings. The molecule has 5 rings (SSSR count). The predicted octanol–water partition coefficient (Wildman–Crippen LogP) is 3.25.